The molecule has 0 spiro atoms. The van der Waals surface area contributed by atoms with Gasteiger partial charge in [-0.3, -0.25) is 4.79 Å². The number of carbonyl (C=O) groups is 1. The van der Waals surface area contributed by atoms with Crippen molar-refractivity contribution in [3.05, 3.63) is 35.6 Å². The quantitative estimate of drug-likeness (QED) is 0.864. The van der Waals surface area contributed by atoms with Crippen molar-refractivity contribution in [2.75, 3.05) is 37.5 Å². The summed E-state index contributed by atoms with van der Waals surface area (Å²) in [6.45, 7) is 1.41. The third kappa shape index (κ3) is 3.99. The first kappa shape index (κ1) is 18.3. The Kier molecular flexibility index (Phi) is 5.78. The standard InChI is InChI=1S/C18H21ClN4O3/c1-25-15-10-16(26-2)14(9-13(15)19)22-17(24)12-5-3-8-23(11-12)18-20-6-4-7-21-18/h4,6-7,9-10,12H,3,5,8,11H2,1-2H3,(H,22,24). The number of aromatic nitrogens is 2. The van der Waals surface area contributed by atoms with Gasteiger partial charge in [0.05, 0.1) is 30.8 Å². The van der Waals surface area contributed by atoms with Crippen molar-refractivity contribution in [3.63, 3.8) is 0 Å². The van der Waals surface area contributed by atoms with Gasteiger partial charge in [-0.05, 0) is 25.0 Å². The van der Waals surface area contributed by atoms with E-state index in [0.717, 1.165) is 19.4 Å². The van der Waals surface area contributed by atoms with Crippen LogP contribution in [0, 0.1) is 5.92 Å². The molecule has 8 heteroatoms. The smallest absolute Gasteiger partial charge is 0.229 e. The van der Waals surface area contributed by atoms with E-state index in [9.17, 15) is 4.79 Å². The number of hydrogen-bond donors (Lipinski definition) is 1. The van der Waals surface area contributed by atoms with E-state index in [1.807, 2.05) is 4.90 Å². The molecule has 1 saturated heterocycles. The summed E-state index contributed by atoms with van der Waals surface area (Å²) in [5, 5.41) is 3.33. The number of rotatable bonds is 5. The summed E-state index contributed by atoms with van der Waals surface area (Å²) < 4.78 is 10.5. The molecule has 3 rings (SSSR count). The van der Waals surface area contributed by atoms with Crippen molar-refractivity contribution < 1.29 is 14.3 Å². The molecule has 0 bridgehead atoms. The lowest BCUT2D eigenvalue weighted by atomic mass is 9.97. The first-order chi connectivity index (χ1) is 12.6. The van der Waals surface area contributed by atoms with Crippen LogP contribution in [0.2, 0.25) is 5.02 Å². The van der Waals surface area contributed by atoms with Crippen LogP contribution in [0.25, 0.3) is 0 Å². The van der Waals surface area contributed by atoms with Gasteiger partial charge in [0.25, 0.3) is 0 Å². The summed E-state index contributed by atoms with van der Waals surface area (Å²) in [6, 6.07) is 5.07. The summed E-state index contributed by atoms with van der Waals surface area (Å²) >= 11 is 6.17. The Bertz CT molecular complexity index is 773. The monoisotopic (exact) mass is 376 g/mol. The van der Waals surface area contributed by atoms with Gasteiger partial charge in [0.15, 0.2) is 0 Å². The van der Waals surface area contributed by atoms with Crippen LogP contribution in [0.4, 0.5) is 11.6 Å². The van der Waals surface area contributed by atoms with Crippen molar-refractivity contribution in [1.29, 1.82) is 0 Å². The largest absolute Gasteiger partial charge is 0.495 e. The third-order valence-corrected chi connectivity index (χ3v) is 4.65. The van der Waals surface area contributed by atoms with Gasteiger partial charge in [0.2, 0.25) is 11.9 Å². The highest BCUT2D eigenvalue weighted by molar-refractivity contribution is 6.32. The van der Waals surface area contributed by atoms with Gasteiger partial charge in [-0.25, -0.2) is 9.97 Å². The van der Waals surface area contributed by atoms with Crippen LogP contribution in [0.3, 0.4) is 0 Å². The van der Waals surface area contributed by atoms with E-state index in [2.05, 4.69) is 15.3 Å². The molecule has 1 amide bonds. The Balaban J connectivity index is 1.73. The van der Waals surface area contributed by atoms with Gasteiger partial charge in [0, 0.05) is 31.5 Å². The van der Waals surface area contributed by atoms with Crippen molar-refractivity contribution in [1.82, 2.24) is 9.97 Å². The molecule has 1 aliphatic rings. The summed E-state index contributed by atoms with van der Waals surface area (Å²) in [5.74, 6) is 1.39. The molecule has 7 nitrogen and oxygen atoms in total. The third-order valence-electron chi connectivity index (χ3n) is 4.36. The Morgan fingerprint density at radius 2 is 1.96 bits per heavy atom. The van der Waals surface area contributed by atoms with Crippen molar-refractivity contribution in [2.24, 2.45) is 5.92 Å². The molecule has 1 aromatic carbocycles. The number of piperidine rings is 1. The topological polar surface area (TPSA) is 76.6 Å². The van der Waals surface area contributed by atoms with E-state index in [0.29, 0.717) is 34.7 Å². The van der Waals surface area contributed by atoms with Crippen LogP contribution in [0.5, 0.6) is 11.5 Å². The van der Waals surface area contributed by atoms with Gasteiger partial charge < -0.3 is 19.7 Å². The van der Waals surface area contributed by atoms with Crippen molar-refractivity contribution in [2.45, 2.75) is 12.8 Å². The second-order valence-corrected chi connectivity index (χ2v) is 6.42. The van der Waals surface area contributed by atoms with E-state index in [4.69, 9.17) is 21.1 Å². The highest BCUT2D eigenvalue weighted by atomic mass is 35.5. The van der Waals surface area contributed by atoms with Crippen LogP contribution in [-0.2, 0) is 4.79 Å². The average molecular weight is 377 g/mol. The summed E-state index contributed by atoms with van der Waals surface area (Å²) in [7, 11) is 3.06. The van der Waals surface area contributed by atoms with Crippen LogP contribution in [-0.4, -0.2) is 43.2 Å². The molecule has 26 heavy (non-hydrogen) atoms. The van der Waals surface area contributed by atoms with Gasteiger partial charge in [-0.1, -0.05) is 11.6 Å². The number of methoxy groups -OCH3 is 2. The van der Waals surface area contributed by atoms with E-state index < -0.39 is 0 Å². The van der Waals surface area contributed by atoms with E-state index >= 15 is 0 Å². The zero-order chi connectivity index (χ0) is 18.5. The molecule has 1 N–H and O–H groups in total. The SMILES string of the molecule is COc1cc(OC)c(NC(=O)C2CCCN(c3ncccn3)C2)cc1Cl. The second-order valence-electron chi connectivity index (χ2n) is 6.01. The first-order valence-electron chi connectivity index (χ1n) is 8.36. The lowest BCUT2D eigenvalue weighted by Gasteiger charge is -2.32. The van der Waals surface area contributed by atoms with Crippen molar-refractivity contribution >= 4 is 29.1 Å². The van der Waals surface area contributed by atoms with Gasteiger partial charge in [-0.2, -0.15) is 0 Å². The van der Waals surface area contributed by atoms with Gasteiger partial charge in [0.1, 0.15) is 11.5 Å². The zero-order valence-corrected chi connectivity index (χ0v) is 15.5. The Morgan fingerprint density at radius 1 is 1.23 bits per heavy atom. The summed E-state index contributed by atoms with van der Waals surface area (Å²) in [5.41, 5.74) is 0.524. The van der Waals surface area contributed by atoms with Crippen LogP contribution >= 0.6 is 11.6 Å². The van der Waals surface area contributed by atoms with Crippen LogP contribution in [0.1, 0.15) is 12.8 Å². The molecular formula is C18H21ClN4O3. The molecule has 2 heterocycles. The molecule has 0 saturated carbocycles. The van der Waals surface area contributed by atoms with Crippen molar-refractivity contribution in [3.8, 4) is 11.5 Å². The van der Waals surface area contributed by atoms with Crippen LogP contribution < -0.4 is 19.7 Å². The fraction of sp³-hybridized carbons (Fsp3) is 0.389. The maximum absolute atomic E-state index is 12.8. The van der Waals surface area contributed by atoms with E-state index in [1.165, 1.54) is 14.2 Å². The number of amides is 1. The number of nitrogens with one attached hydrogen (secondary N) is 1. The number of hydrogen-bond acceptors (Lipinski definition) is 6. The average Bonchev–Trinajstić information content (AvgIpc) is 2.69. The number of carbonyl (C=O) groups excluding carboxylic acids is 1. The number of nitrogens with zero attached hydrogens (tertiary/aromatic N) is 3. The minimum atomic E-state index is -0.168. The Hall–Kier alpha value is -2.54. The van der Waals surface area contributed by atoms with Gasteiger partial charge >= 0.3 is 0 Å². The molecule has 1 fully saturated rings. The van der Waals surface area contributed by atoms with Crippen LogP contribution in [0.15, 0.2) is 30.6 Å². The maximum atomic E-state index is 12.8. The molecule has 1 unspecified atom stereocenters. The second kappa shape index (κ2) is 8.23. The molecule has 2 aromatic rings. The number of benzene rings is 1. The van der Waals surface area contributed by atoms with Gasteiger partial charge in [-0.15, -0.1) is 0 Å². The minimum Gasteiger partial charge on any atom is -0.495 e. The fourth-order valence-corrected chi connectivity index (χ4v) is 3.26. The maximum Gasteiger partial charge on any atom is 0.229 e. The lowest BCUT2D eigenvalue weighted by Crippen LogP contribution is -2.41. The number of ether oxygens (including phenoxy) is 2. The highest BCUT2D eigenvalue weighted by Gasteiger charge is 2.27. The number of anilines is 2. The zero-order valence-electron chi connectivity index (χ0n) is 14.7. The van der Waals surface area contributed by atoms with E-state index in [1.54, 1.807) is 30.6 Å². The molecule has 0 radical (unpaired) electrons. The molecular weight excluding hydrogens is 356 g/mol. The highest BCUT2D eigenvalue weighted by Crippen LogP contribution is 2.36. The van der Waals surface area contributed by atoms with E-state index in [-0.39, 0.29) is 11.8 Å². The normalized spacial score (nSPS) is 16.9. The summed E-state index contributed by atoms with van der Waals surface area (Å²) in [4.78, 5) is 23.3. The predicted octanol–water partition coefficient (Wildman–Crippen LogP) is 3.00. The predicted molar refractivity (Wildman–Crippen MR) is 100 cm³/mol. The Labute approximate surface area is 157 Å². The molecule has 1 aromatic heterocycles. The fourth-order valence-electron chi connectivity index (χ4n) is 3.02. The minimum absolute atomic E-state index is 0.0786. The molecule has 1 atom stereocenters. The lowest BCUT2D eigenvalue weighted by molar-refractivity contribution is -0.120. The molecule has 138 valence electrons. The molecule has 1 aliphatic heterocycles. The number of halogens is 1. The first-order valence-corrected chi connectivity index (χ1v) is 8.74. The summed E-state index contributed by atoms with van der Waals surface area (Å²) in [6.07, 6.45) is 5.12. The Morgan fingerprint density at radius 3 is 2.65 bits per heavy atom. The molecule has 0 aliphatic carbocycles.